The van der Waals surface area contributed by atoms with E-state index in [4.69, 9.17) is 4.98 Å². The molecule has 4 aromatic rings. The molecule has 0 unspecified atom stereocenters. The first-order valence-electron chi connectivity index (χ1n) is 5.98. The van der Waals surface area contributed by atoms with Gasteiger partial charge < -0.3 is 0 Å². The van der Waals surface area contributed by atoms with Gasteiger partial charge in [-0.3, -0.25) is 0 Å². The molecule has 18 heavy (non-hydrogen) atoms. The van der Waals surface area contributed by atoms with Crippen molar-refractivity contribution in [1.29, 1.82) is 0 Å². The third kappa shape index (κ3) is 1.19. The minimum atomic E-state index is 0.985. The molecule has 0 fully saturated rings. The number of rotatable bonds is 0. The second-order valence-electron chi connectivity index (χ2n) is 4.59. The third-order valence-electron chi connectivity index (χ3n) is 3.45. The fourth-order valence-electron chi connectivity index (χ4n) is 2.52. The molecule has 1 N–H and O–H groups in total. The topological polar surface area (TPSA) is 32.6 Å². The van der Waals surface area contributed by atoms with Crippen LogP contribution in [0.5, 0.6) is 0 Å². The van der Waals surface area contributed by atoms with Gasteiger partial charge in [-0.05, 0) is 28.6 Å². The van der Waals surface area contributed by atoms with Gasteiger partial charge in [0.1, 0.15) is 7.05 Å². The minimum Gasteiger partial charge on any atom is -0.235 e. The van der Waals surface area contributed by atoms with E-state index in [1.165, 1.54) is 16.2 Å². The lowest BCUT2D eigenvalue weighted by Gasteiger charge is -1.98. The van der Waals surface area contributed by atoms with Crippen molar-refractivity contribution in [1.82, 2.24) is 10.1 Å². The molecular formula is C15H12N3+. The van der Waals surface area contributed by atoms with Crippen molar-refractivity contribution in [3.8, 4) is 0 Å². The van der Waals surface area contributed by atoms with Crippen LogP contribution < -0.4 is 4.68 Å². The molecule has 0 bridgehead atoms. The Kier molecular flexibility index (Phi) is 1.75. The maximum absolute atomic E-state index is 4.80. The normalized spacial score (nSPS) is 11.6. The van der Waals surface area contributed by atoms with E-state index >= 15 is 0 Å². The van der Waals surface area contributed by atoms with Gasteiger partial charge >= 0.3 is 5.65 Å². The van der Waals surface area contributed by atoms with E-state index in [-0.39, 0.29) is 0 Å². The number of H-pyrrole nitrogens is 1. The smallest absolute Gasteiger partial charge is 0.235 e. The lowest BCUT2D eigenvalue weighted by Crippen LogP contribution is -2.30. The zero-order valence-corrected chi connectivity index (χ0v) is 10.0. The van der Waals surface area contributed by atoms with Gasteiger partial charge in [0.25, 0.3) is 0 Å². The first kappa shape index (κ1) is 9.59. The Hall–Kier alpha value is -2.42. The number of nitrogens with zero attached hydrogens (tertiary/aromatic N) is 2. The van der Waals surface area contributed by atoms with Crippen molar-refractivity contribution < 1.29 is 4.68 Å². The number of nitrogens with one attached hydrogen (secondary N) is 1. The van der Waals surface area contributed by atoms with Crippen LogP contribution in [0.15, 0.2) is 48.7 Å². The first-order chi connectivity index (χ1) is 8.83. The van der Waals surface area contributed by atoms with Crippen LogP contribution in [0.1, 0.15) is 0 Å². The average Bonchev–Trinajstić information content (AvgIpc) is 2.78. The van der Waals surface area contributed by atoms with Crippen LogP contribution in [0, 0.1) is 0 Å². The molecular weight excluding hydrogens is 222 g/mol. The monoisotopic (exact) mass is 234 g/mol. The minimum absolute atomic E-state index is 0.985. The zero-order chi connectivity index (χ0) is 12.1. The fraction of sp³-hybridized carbons (Fsp3) is 0.0667. The molecule has 3 nitrogen and oxygen atoms in total. The van der Waals surface area contributed by atoms with E-state index in [1.807, 2.05) is 17.9 Å². The second kappa shape index (κ2) is 3.29. The number of pyridine rings is 1. The van der Waals surface area contributed by atoms with Crippen molar-refractivity contribution >= 4 is 32.7 Å². The van der Waals surface area contributed by atoms with Crippen LogP contribution in [-0.2, 0) is 7.05 Å². The van der Waals surface area contributed by atoms with Crippen molar-refractivity contribution in [3.63, 3.8) is 0 Å². The number of benzene rings is 2. The van der Waals surface area contributed by atoms with Gasteiger partial charge in [0.2, 0.25) is 0 Å². The number of aromatic nitrogens is 3. The largest absolute Gasteiger partial charge is 0.350 e. The molecule has 3 heteroatoms. The molecule has 2 aromatic carbocycles. The summed E-state index contributed by atoms with van der Waals surface area (Å²) in [5, 5.41) is 7.91. The molecule has 2 aromatic heterocycles. The van der Waals surface area contributed by atoms with Gasteiger partial charge in [0.05, 0.1) is 11.6 Å². The van der Waals surface area contributed by atoms with E-state index < -0.39 is 0 Å². The fourth-order valence-corrected chi connectivity index (χ4v) is 2.52. The summed E-state index contributed by atoms with van der Waals surface area (Å²) in [5.41, 5.74) is 2.05. The van der Waals surface area contributed by atoms with Crippen molar-refractivity contribution in [2.45, 2.75) is 0 Å². The first-order valence-corrected chi connectivity index (χ1v) is 5.98. The quantitative estimate of drug-likeness (QED) is 0.368. The highest BCUT2D eigenvalue weighted by molar-refractivity contribution is 6.07. The van der Waals surface area contributed by atoms with E-state index in [2.05, 4.69) is 47.6 Å². The second-order valence-corrected chi connectivity index (χ2v) is 4.59. The molecule has 0 radical (unpaired) electrons. The van der Waals surface area contributed by atoms with Gasteiger partial charge in [0, 0.05) is 10.8 Å². The summed E-state index contributed by atoms with van der Waals surface area (Å²) in [5.74, 6) is 0. The highest BCUT2D eigenvalue weighted by Gasteiger charge is 2.13. The maximum atomic E-state index is 4.80. The van der Waals surface area contributed by atoms with Gasteiger partial charge in [-0.1, -0.05) is 24.3 Å². The Morgan fingerprint density at radius 1 is 1.00 bits per heavy atom. The SMILES string of the molecule is C[n+]1[nH]cc2cc3ccc4ccccc4c3nc21. The predicted octanol–water partition coefficient (Wildman–Crippen LogP) is 2.69. The molecule has 0 aliphatic rings. The van der Waals surface area contributed by atoms with Crippen LogP contribution >= 0.6 is 0 Å². The summed E-state index contributed by atoms with van der Waals surface area (Å²) in [6.07, 6.45) is 1.98. The van der Waals surface area contributed by atoms with Crippen molar-refractivity contribution in [2.75, 3.05) is 0 Å². The van der Waals surface area contributed by atoms with Crippen LogP contribution in [0.3, 0.4) is 0 Å². The van der Waals surface area contributed by atoms with Crippen molar-refractivity contribution in [2.24, 2.45) is 7.05 Å². The Morgan fingerprint density at radius 3 is 2.78 bits per heavy atom. The zero-order valence-electron chi connectivity index (χ0n) is 10.0. The highest BCUT2D eigenvalue weighted by atomic mass is 15.3. The van der Waals surface area contributed by atoms with Crippen LogP contribution in [0.2, 0.25) is 0 Å². The lowest BCUT2D eigenvalue weighted by molar-refractivity contribution is -0.704. The van der Waals surface area contributed by atoms with Gasteiger partial charge in [0.15, 0.2) is 5.52 Å². The summed E-state index contributed by atoms with van der Waals surface area (Å²) in [4.78, 5) is 4.80. The van der Waals surface area contributed by atoms with E-state index in [9.17, 15) is 0 Å². The number of hydrogen-bond acceptors (Lipinski definition) is 1. The highest BCUT2D eigenvalue weighted by Crippen LogP contribution is 2.25. The van der Waals surface area contributed by atoms with Gasteiger partial charge in [-0.15, -0.1) is 0 Å². The molecule has 0 spiro atoms. The van der Waals surface area contributed by atoms with Crippen LogP contribution in [0.25, 0.3) is 32.7 Å². The van der Waals surface area contributed by atoms with Crippen LogP contribution in [0.4, 0.5) is 0 Å². The number of aromatic amines is 1. The molecule has 0 saturated heterocycles. The molecule has 2 heterocycles. The molecule has 0 amide bonds. The Labute approximate surface area is 104 Å². The lowest BCUT2D eigenvalue weighted by atomic mass is 10.1. The standard InChI is InChI=1S/C15H11N3/c1-18-15-12(9-16-18)8-11-7-6-10-4-2-3-5-13(10)14(11)17-15/h2-9H,1H3/p+1. The molecule has 4 rings (SSSR count). The maximum Gasteiger partial charge on any atom is 0.350 e. The van der Waals surface area contributed by atoms with Crippen LogP contribution in [-0.4, -0.2) is 10.1 Å². The number of fused-ring (bicyclic) bond motifs is 4. The van der Waals surface area contributed by atoms with Crippen molar-refractivity contribution in [3.05, 3.63) is 48.7 Å². The number of aryl methyl sites for hydroxylation is 1. The Bertz CT molecular complexity index is 890. The summed E-state index contributed by atoms with van der Waals surface area (Å²) in [6.45, 7) is 0. The third-order valence-corrected chi connectivity index (χ3v) is 3.45. The molecule has 0 saturated carbocycles. The predicted molar refractivity (Wildman–Crippen MR) is 72.3 cm³/mol. The summed E-state index contributed by atoms with van der Waals surface area (Å²) < 4.78 is 1.94. The van der Waals surface area contributed by atoms with E-state index in [0.29, 0.717) is 0 Å². The summed E-state index contributed by atoms with van der Waals surface area (Å²) in [6, 6.07) is 14.8. The van der Waals surface area contributed by atoms with E-state index in [1.54, 1.807) is 0 Å². The van der Waals surface area contributed by atoms with Gasteiger partial charge in [-0.2, -0.15) is 4.68 Å². The Morgan fingerprint density at radius 2 is 1.83 bits per heavy atom. The van der Waals surface area contributed by atoms with Gasteiger partial charge in [-0.25, -0.2) is 5.10 Å². The molecule has 0 aliphatic carbocycles. The average molecular weight is 234 g/mol. The molecule has 86 valence electrons. The summed E-state index contributed by atoms with van der Waals surface area (Å²) >= 11 is 0. The number of hydrogen-bond donors (Lipinski definition) is 1. The summed E-state index contributed by atoms with van der Waals surface area (Å²) in [7, 11) is 1.98. The van der Waals surface area contributed by atoms with E-state index in [0.717, 1.165) is 16.6 Å². The molecule has 0 atom stereocenters. The Balaban J connectivity index is 2.29. The molecule has 0 aliphatic heterocycles.